The van der Waals surface area contributed by atoms with Gasteiger partial charge >= 0.3 is 5.97 Å². The van der Waals surface area contributed by atoms with Gasteiger partial charge in [0, 0.05) is 0 Å². The molecular weight excluding hydrogens is 168 g/mol. The van der Waals surface area contributed by atoms with Crippen molar-refractivity contribution >= 4 is 17.6 Å². The van der Waals surface area contributed by atoms with Gasteiger partial charge in [-0.05, 0) is 6.92 Å². The number of halogens is 1. The van der Waals surface area contributed by atoms with Crippen LogP contribution < -0.4 is 5.73 Å². The molecular formula is C6H7ClN2O2. The van der Waals surface area contributed by atoms with Crippen molar-refractivity contribution in [2.75, 3.05) is 6.61 Å². The highest BCUT2D eigenvalue weighted by Crippen LogP contribution is 2.03. The van der Waals surface area contributed by atoms with E-state index in [-0.39, 0.29) is 17.3 Å². The SMILES string of the molecule is CCOC(=O)/C(C#N)=C(\N)Cl. The lowest BCUT2D eigenvalue weighted by molar-refractivity contribution is -0.138. The molecule has 0 saturated heterocycles. The van der Waals surface area contributed by atoms with E-state index in [1.54, 1.807) is 6.92 Å². The Morgan fingerprint density at radius 3 is 2.64 bits per heavy atom. The molecule has 4 nitrogen and oxygen atoms in total. The molecule has 0 aromatic heterocycles. The summed E-state index contributed by atoms with van der Waals surface area (Å²) in [5, 5.41) is 7.98. The maximum atomic E-state index is 10.7. The minimum absolute atomic E-state index is 0.189. The Kier molecular flexibility index (Phi) is 4.08. The predicted octanol–water partition coefficient (Wildman–Crippen LogP) is 0.482. The quantitative estimate of drug-likeness (QED) is 0.286. The Labute approximate surface area is 69.2 Å². The number of nitriles is 1. The number of rotatable bonds is 2. The average molecular weight is 175 g/mol. The molecule has 0 heterocycles. The third kappa shape index (κ3) is 2.92. The molecule has 0 aromatic carbocycles. The number of hydrogen-bond acceptors (Lipinski definition) is 4. The van der Waals surface area contributed by atoms with Gasteiger partial charge in [0.05, 0.1) is 6.61 Å². The van der Waals surface area contributed by atoms with Gasteiger partial charge in [-0.3, -0.25) is 0 Å². The normalized spacial score (nSPS) is 11.4. The third-order valence-corrected chi connectivity index (χ3v) is 1.02. The third-order valence-electron chi connectivity index (χ3n) is 0.830. The Morgan fingerprint density at radius 2 is 2.36 bits per heavy atom. The van der Waals surface area contributed by atoms with E-state index in [1.165, 1.54) is 6.07 Å². The first-order chi connectivity index (χ1) is 5.13. The van der Waals surface area contributed by atoms with E-state index in [0.717, 1.165) is 0 Å². The van der Waals surface area contributed by atoms with Crippen LogP contribution in [-0.2, 0) is 9.53 Å². The van der Waals surface area contributed by atoms with Crippen molar-refractivity contribution in [3.05, 3.63) is 10.7 Å². The van der Waals surface area contributed by atoms with Crippen molar-refractivity contribution in [1.29, 1.82) is 5.26 Å². The van der Waals surface area contributed by atoms with E-state index in [4.69, 9.17) is 22.6 Å². The van der Waals surface area contributed by atoms with Crippen molar-refractivity contribution < 1.29 is 9.53 Å². The van der Waals surface area contributed by atoms with Gasteiger partial charge in [-0.15, -0.1) is 0 Å². The van der Waals surface area contributed by atoms with Crippen LogP contribution >= 0.6 is 11.6 Å². The number of ether oxygens (including phenoxy) is 1. The van der Waals surface area contributed by atoms with E-state index in [0.29, 0.717) is 0 Å². The summed E-state index contributed by atoms with van der Waals surface area (Å²) in [6, 6.07) is 1.53. The van der Waals surface area contributed by atoms with Gasteiger partial charge in [-0.1, -0.05) is 11.6 Å². The molecule has 0 aliphatic rings. The zero-order chi connectivity index (χ0) is 8.85. The summed E-state index contributed by atoms with van der Waals surface area (Å²) in [5.41, 5.74) is 4.65. The fourth-order valence-corrected chi connectivity index (χ4v) is 0.519. The zero-order valence-corrected chi connectivity index (χ0v) is 6.68. The highest BCUT2D eigenvalue weighted by Gasteiger charge is 2.12. The second-order valence-corrected chi connectivity index (χ2v) is 1.96. The van der Waals surface area contributed by atoms with Crippen LogP contribution in [0, 0.1) is 11.3 Å². The summed E-state index contributed by atoms with van der Waals surface area (Å²) in [5.74, 6) is -0.789. The molecule has 0 radical (unpaired) electrons. The fourth-order valence-electron chi connectivity index (χ4n) is 0.400. The second kappa shape index (κ2) is 4.58. The summed E-state index contributed by atoms with van der Waals surface area (Å²) in [6.45, 7) is 1.81. The van der Waals surface area contributed by atoms with E-state index in [2.05, 4.69) is 4.74 Å². The fraction of sp³-hybridized carbons (Fsp3) is 0.333. The molecule has 2 N–H and O–H groups in total. The number of nitrogens with two attached hydrogens (primary N) is 1. The lowest BCUT2D eigenvalue weighted by Crippen LogP contribution is -2.10. The average Bonchev–Trinajstić information content (AvgIpc) is 1.88. The minimum atomic E-state index is -0.789. The smallest absolute Gasteiger partial charge is 0.351 e. The second-order valence-electron chi connectivity index (χ2n) is 1.56. The van der Waals surface area contributed by atoms with Crippen LogP contribution in [0.15, 0.2) is 10.7 Å². The monoisotopic (exact) mass is 174 g/mol. The van der Waals surface area contributed by atoms with Crippen LogP contribution in [-0.4, -0.2) is 12.6 Å². The lowest BCUT2D eigenvalue weighted by atomic mass is 10.3. The maximum Gasteiger partial charge on any atom is 0.351 e. The zero-order valence-electron chi connectivity index (χ0n) is 5.93. The largest absolute Gasteiger partial charge is 0.462 e. The van der Waals surface area contributed by atoms with Crippen molar-refractivity contribution in [3.8, 4) is 6.07 Å². The number of nitrogens with zero attached hydrogens (tertiary/aromatic N) is 1. The molecule has 5 heteroatoms. The van der Waals surface area contributed by atoms with Crippen LogP contribution in [0.25, 0.3) is 0 Å². The predicted molar refractivity (Wildman–Crippen MR) is 39.3 cm³/mol. The van der Waals surface area contributed by atoms with Crippen molar-refractivity contribution in [2.24, 2.45) is 5.73 Å². The first-order valence-corrected chi connectivity index (χ1v) is 3.23. The molecule has 0 aliphatic carbocycles. The molecule has 0 unspecified atom stereocenters. The molecule has 60 valence electrons. The summed E-state index contributed by atoms with van der Waals surface area (Å²) < 4.78 is 4.47. The van der Waals surface area contributed by atoms with Crippen LogP contribution in [0.4, 0.5) is 0 Å². The van der Waals surface area contributed by atoms with Gasteiger partial charge in [0.1, 0.15) is 11.2 Å². The lowest BCUT2D eigenvalue weighted by Gasteiger charge is -1.98. The molecule has 0 aliphatic heterocycles. The van der Waals surface area contributed by atoms with Crippen molar-refractivity contribution in [1.82, 2.24) is 0 Å². The van der Waals surface area contributed by atoms with Gasteiger partial charge in [-0.25, -0.2) is 4.79 Å². The molecule has 0 spiro atoms. The highest BCUT2D eigenvalue weighted by atomic mass is 35.5. The van der Waals surface area contributed by atoms with E-state index < -0.39 is 5.97 Å². The van der Waals surface area contributed by atoms with E-state index in [1.807, 2.05) is 0 Å². The van der Waals surface area contributed by atoms with Crippen LogP contribution in [0.5, 0.6) is 0 Å². The Morgan fingerprint density at radius 1 is 1.82 bits per heavy atom. The molecule has 0 fully saturated rings. The van der Waals surface area contributed by atoms with Gasteiger partial charge in [0.2, 0.25) is 0 Å². The molecule has 0 saturated carbocycles. The van der Waals surface area contributed by atoms with E-state index >= 15 is 0 Å². The minimum Gasteiger partial charge on any atom is -0.462 e. The number of carbonyl (C=O) groups excluding carboxylic acids is 1. The van der Waals surface area contributed by atoms with Gasteiger partial charge < -0.3 is 10.5 Å². The Balaban J connectivity index is 4.45. The standard InChI is InChI=1S/C6H7ClN2O2/c1-2-11-6(10)4(3-8)5(7)9/h2,9H2,1H3/b5-4-. The highest BCUT2D eigenvalue weighted by molar-refractivity contribution is 6.31. The topological polar surface area (TPSA) is 76.1 Å². The molecule has 11 heavy (non-hydrogen) atoms. The first kappa shape index (κ1) is 9.79. The molecule has 0 amide bonds. The number of hydrogen-bond donors (Lipinski definition) is 1. The van der Waals surface area contributed by atoms with Gasteiger partial charge in [0.15, 0.2) is 5.57 Å². The number of esters is 1. The summed E-state index contributed by atoms with van der Waals surface area (Å²) in [7, 11) is 0. The van der Waals surface area contributed by atoms with Crippen LogP contribution in [0.2, 0.25) is 0 Å². The van der Waals surface area contributed by atoms with Crippen molar-refractivity contribution in [2.45, 2.75) is 6.92 Å². The Hall–Kier alpha value is -1.21. The summed E-state index contributed by atoms with van der Waals surface area (Å²) in [4.78, 5) is 10.7. The molecule has 0 bridgehead atoms. The van der Waals surface area contributed by atoms with Crippen LogP contribution in [0.3, 0.4) is 0 Å². The maximum absolute atomic E-state index is 10.7. The Bertz CT molecular complexity index is 225. The van der Waals surface area contributed by atoms with Crippen molar-refractivity contribution in [3.63, 3.8) is 0 Å². The van der Waals surface area contributed by atoms with Gasteiger partial charge in [-0.2, -0.15) is 5.26 Å². The van der Waals surface area contributed by atoms with Gasteiger partial charge in [0.25, 0.3) is 0 Å². The molecule has 0 atom stereocenters. The first-order valence-electron chi connectivity index (χ1n) is 2.86. The molecule has 0 rings (SSSR count). The summed E-state index contributed by atoms with van der Waals surface area (Å²) >= 11 is 5.21. The summed E-state index contributed by atoms with van der Waals surface area (Å²) in [6.07, 6.45) is 0. The van der Waals surface area contributed by atoms with E-state index in [9.17, 15) is 4.79 Å². The molecule has 0 aromatic rings. The number of carbonyl (C=O) groups is 1. The van der Waals surface area contributed by atoms with Crippen LogP contribution in [0.1, 0.15) is 6.92 Å².